The van der Waals surface area contributed by atoms with Crippen molar-refractivity contribution in [3.8, 4) is 0 Å². The van der Waals surface area contributed by atoms with Crippen molar-refractivity contribution < 1.29 is 4.74 Å². The lowest BCUT2D eigenvalue weighted by atomic mass is 10.00. The summed E-state index contributed by atoms with van der Waals surface area (Å²) >= 11 is 0. The van der Waals surface area contributed by atoms with Crippen LogP contribution in [0.25, 0.3) is 0 Å². The summed E-state index contributed by atoms with van der Waals surface area (Å²) in [7, 11) is 0. The Kier molecular flexibility index (Phi) is 9.66. The third-order valence-electron chi connectivity index (χ3n) is 4.57. The lowest BCUT2D eigenvalue weighted by Gasteiger charge is -2.34. The van der Waals surface area contributed by atoms with Gasteiger partial charge in [0.05, 0.1) is 19.8 Å². The Balaban J connectivity index is 0.00000242. The van der Waals surface area contributed by atoms with E-state index in [-0.39, 0.29) is 24.0 Å². The van der Waals surface area contributed by atoms with Crippen LogP contribution in [0.2, 0.25) is 0 Å². The van der Waals surface area contributed by atoms with E-state index in [1.807, 2.05) is 0 Å². The van der Waals surface area contributed by atoms with E-state index < -0.39 is 0 Å². The zero-order valence-electron chi connectivity index (χ0n) is 14.4. The van der Waals surface area contributed by atoms with Gasteiger partial charge in [0.1, 0.15) is 0 Å². The molecule has 6 heteroatoms. The van der Waals surface area contributed by atoms with Crippen LogP contribution in [0.15, 0.2) is 4.99 Å². The number of ether oxygens (including phenoxy) is 1. The van der Waals surface area contributed by atoms with Gasteiger partial charge in [0.15, 0.2) is 5.96 Å². The maximum absolute atomic E-state index is 5.49. The molecule has 1 atom stereocenters. The van der Waals surface area contributed by atoms with Crippen molar-refractivity contribution in [2.75, 3.05) is 52.5 Å². The van der Waals surface area contributed by atoms with E-state index in [0.29, 0.717) is 6.04 Å². The molecule has 1 unspecified atom stereocenters. The molecular formula is C16H33IN4O. The smallest absolute Gasteiger partial charge is 0.193 e. The number of hydrogen-bond acceptors (Lipinski definition) is 3. The van der Waals surface area contributed by atoms with E-state index >= 15 is 0 Å². The van der Waals surface area contributed by atoms with Crippen LogP contribution >= 0.6 is 24.0 Å². The first kappa shape index (κ1) is 20.0. The Morgan fingerprint density at radius 2 is 1.95 bits per heavy atom. The summed E-state index contributed by atoms with van der Waals surface area (Å²) in [5.74, 6) is 1.96. The molecule has 22 heavy (non-hydrogen) atoms. The van der Waals surface area contributed by atoms with E-state index in [2.05, 4.69) is 35.9 Å². The number of nitrogens with zero attached hydrogens (tertiary/aromatic N) is 3. The number of nitrogens with one attached hydrogen (secondary N) is 1. The van der Waals surface area contributed by atoms with Gasteiger partial charge in [-0.25, -0.2) is 0 Å². The van der Waals surface area contributed by atoms with Crippen molar-refractivity contribution in [1.29, 1.82) is 0 Å². The average Bonchev–Trinajstić information content (AvgIpc) is 2.49. The van der Waals surface area contributed by atoms with Gasteiger partial charge < -0.3 is 15.0 Å². The molecule has 0 saturated carbocycles. The van der Waals surface area contributed by atoms with Crippen LogP contribution in [0.5, 0.6) is 0 Å². The highest BCUT2D eigenvalue weighted by Crippen LogP contribution is 2.16. The van der Waals surface area contributed by atoms with Gasteiger partial charge in [0.2, 0.25) is 0 Å². The largest absolute Gasteiger partial charge is 0.379 e. The molecule has 2 rings (SSSR count). The summed E-state index contributed by atoms with van der Waals surface area (Å²) < 4.78 is 5.49. The minimum Gasteiger partial charge on any atom is -0.379 e. The number of piperidine rings is 1. The highest BCUT2D eigenvalue weighted by molar-refractivity contribution is 14.0. The van der Waals surface area contributed by atoms with E-state index in [9.17, 15) is 0 Å². The highest BCUT2D eigenvalue weighted by atomic mass is 127. The molecule has 0 aromatic carbocycles. The molecule has 2 aliphatic heterocycles. The van der Waals surface area contributed by atoms with E-state index in [1.54, 1.807) is 0 Å². The van der Waals surface area contributed by atoms with Crippen molar-refractivity contribution in [3.63, 3.8) is 0 Å². The maximum Gasteiger partial charge on any atom is 0.193 e. The third-order valence-corrected chi connectivity index (χ3v) is 4.57. The van der Waals surface area contributed by atoms with Gasteiger partial charge in [-0.15, -0.1) is 24.0 Å². The first-order chi connectivity index (χ1) is 10.2. The fourth-order valence-electron chi connectivity index (χ4n) is 3.02. The molecule has 0 aromatic heterocycles. The van der Waals surface area contributed by atoms with Crippen LogP contribution in [0.3, 0.4) is 0 Å². The van der Waals surface area contributed by atoms with E-state index in [0.717, 1.165) is 64.4 Å². The predicted molar refractivity (Wildman–Crippen MR) is 103 cm³/mol. The SMILES string of the molecule is CCNC(=NCCN1CCOCC1C)N1CCC(C)CC1.I. The molecule has 2 fully saturated rings. The first-order valence-electron chi connectivity index (χ1n) is 8.55. The number of halogens is 1. The van der Waals surface area contributed by atoms with Gasteiger partial charge in [-0.2, -0.15) is 0 Å². The Hall–Kier alpha value is -0.0800. The molecule has 130 valence electrons. The fourth-order valence-corrected chi connectivity index (χ4v) is 3.02. The molecule has 0 bridgehead atoms. The lowest BCUT2D eigenvalue weighted by Crippen LogP contribution is -2.47. The maximum atomic E-state index is 5.49. The van der Waals surface area contributed by atoms with Crippen molar-refractivity contribution in [3.05, 3.63) is 0 Å². The summed E-state index contributed by atoms with van der Waals surface area (Å²) in [6.45, 7) is 14.6. The summed E-state index contributed by atoms with van der Waals surface area (Å²) in [5, 5.41) is 3.45. The van der Waals surface area contributed by atoms with Crippen molar-refractivity contribution in [2.24, 2.45) is 10.9 Å². The number of likely N-dealkylation sites (tertiary alicyclic amines) is 1. The zero-order chi connectivity index (χ0) is 15.1. The molecule has 5 nitrogen and oxygen atoms in total. The van der Waals surface area contributed by atoms with Crippen molar-refractivity contribution in [2.45, 2.75) is 39.7 Å². The van der Waals surface area contributed by atoms with Crippen molar-refractivity contribution in [1.82, 2.24) is 15.1 Å². The summed E-state index contributed by atoms with van der Waals surface area (Å²) in [6.07, 6.45) is 2.57. The van der Waals surface area contributed by atoms with Gasteiger partial charge in [-0.1, -0.05) is 6.92 Å². The van der Waals surface area contributed by atoms with Crippen molar-refractivity contribution >= 4 is 29.9 Å². The molecule has 0 radical (unpaired) electrons. The topological polar surface area (TPSA) is 40.1 Å². The number of guanidine groups is 1. The molecule has 2 saturated heterocycles. The zero-order valence-corrected chi connectivity index (χ0v) is 16.7. The Bertz CT molecular complexity index is 332. The average molecular weight is 424 g/mol. The van der Waals surface area contributed by atoms with Crippen LogP contribution in [0, 0.1) is 5.92 Å². The van der Waals surface area contributed by atoms with Crippen LogP contribution < -0.4 is 5.32 Å². The third kappa shape index (κ3) is 6.20. The fraction of sp³-hybridized carbons (Fsp3) is 0.938. The Morgan fingerprint density at radius 1 is 1.23 bits per heavy atom. The van der Waals surface area contributed by atoms with Gasteiger partial charge in [-0.3, -0.25) is 9.89 Å². The van der Waals surface area contributed by atoms with Gasteiger partial charge >= 0.3 is 0 Å². The molecular weight excluding hydrogens is 391 g/mol. The standard InChI is InChI=1S/C16H32N4O.HI/c1-4-17-16(20-8-5-14(2)6-9-20)18-7-10-19-11-12-21-13-15(19)3;/h14-15H,4-13H2,1-3H3,(H,17,18);1H. The predicted octanol–water partition coefficient (Wildman–Crippen LogP) is 2.02. The molecule has 0 spiro atoms. The highest BCUT2D eigenvalue weighted by Gasteiger charge is 2.20. The Morgan fingerprint density at radius 3 is 2.59 bits per heavy atom. The second-order valence-corrected chi connectivity index (χ2v) is 6.37. The number of morpholine rings is 1. The van der Waals surface area contributed by atoms with Gasteiger partial charge in [0.25, 0.3) is 0 Å². The second-order valence-electron chi connectivity index (χ2n) is 6.37. The van der Waals surface area contributed by atoms with E-state index in [4.69, 9.17) is 9.73 Å². The second kappa shape index (κ2) is 10.6. The van der Waals surface area contributed by atoms with Gasteiger partial charge in [-0.05, 0) is 32.6 Å². The van der Waals surface area contributed by atoms with Crippen LogP contribution in [0.4, 0.5) is 0 Å². The number of hydrogen-bond donors (Lipinski definition) is 1. The van der Waals surface area contributed by atoms with Crippen LogP contribution in [-0.4, -0.2) is 74.3 Å². The summed E-state index contributed by atoms with van der Waals surface area (Å²) in [5.41, 5.74) is 0. The summed E-state index contributed by atoms with van der Waals surface area (Å²) in [4.78, 5) is 9.74. The monoisotopic (exact) mass is 424 g/mol. The minimum atomic E-state index is 0. The molecule has 2 aliphatic rings. The summed E-state index contributed by atoms with van der Waals surface area (Å²) in [6, 6.07) is 0.521. The Labute approximate surface area is 152 Å². The quantitative estimate of drug-likeness (QED) is 0.426. The van der Waals surface area contributed by atoms with Crippen LogP contribution in [-0.2, 0) is 4.74 Å². The first-order valence-corrected chi connectivity index (χ1v) is 8.55. The van der Waals surface area contributed by atoms with Crippen LogP contribution in [0.1, 0.15) is 33.6 Å². The number of rotatable bonds is 4. The van der Waals surface area contributed by atoms with E-state index in [1.165, 1.54) is 12.8 Å². The normalized spacial score (nSPS) is 25.0. The molecule has 0 aromatic rings. The molecule has 0 aliphatic carbocycles. The molecule has 2 heterocycles. The lowest BCUT2D eigenvalue weighted by molar-refractivity contribution is 0.00138. The molecule has 1 N–H and O–H groups in total. The van der Waals surface area contributed by atoms with Gasteiger partial charge in [0, 0.05) is 38.8 Å². The minimum absolute atomic E-state index is 0. The molecule has 0 amide bonds. The number of aliphatic imine (C=N–C) groups is 1.